The van der Waals surface area contributed by atoms with E-state index in [9.17, 15) is 0 Å². The molecule has 5 heteroatoms. The molecule has 1 rings (SSSR count). The molecule has 0 aliphatic heterocycles. The lowest BCUT2D eigenvalue weighted by atomic mass is 10.2. The fraction of sp³-hybridized carbons (Fsp3) is 0.667. The number of aromatic nitrogens is 2. The van der Waals surface area contributed by atoms with E-state index in [2.05, 4.69) is 10.6 Å². The van der Waals surface area contributed by atoms with Crippen LogP contribution < -0.4 is 5.48 Å². The number of ether oxygens (including phenoxy) is 1. The quantitative estimate of drug-likeness (QED) is 0.540. The Morgan fingerprint density at radius 3 is 2.93 bits per heavy atom. The van der Waals surface area contributed by atoms with Gasteiger partial charge in [-0.25, -0.2) is 0 Å². The largest absolute Gasteiger partial charge is 0.382 e. The second-order valence-corrected chi connectivity index (χ2v) is 3.06. The van der Waals surface area contributed by atoms with E-state index in [1.54, 1.807) is 13.3 Å². The van der Waals surface area contributed by atoms with Gasteiger partial charge in [0.2, 0.25) is 0 Å². The maximum absolute atomic E-state index is 5.20. The van der Waals surface area contributed by atoms with E-state index in [0.717, 1.165) is 5.69 Å². The van der Waals surface area contributed by atoms with Crippen LogP contribution in [0.4, 0.5) is 0 Å². The van der Waals surface area contributed by atoms with Crippen LogP contribution in [0.5, 0.6) is 0 Å². The van der Waals surface area contributed by atoms with Gasteiger partial charge in [0.25, 0.3) is 0 Å². The molecule has 0 saturated carbocycles. The van der Waals surface area contributed by atoms with Crippen molar-refractivity contribution in [2.75, 3.05) is 20.3 Å². The van der Waals surface area contributed by atoms with Gasteiger partial charge < -0.3 is 4.74 Å². The van der Waals surface area contributed by atoms with Crippen LogP contribution >= 0.6 is 0 Å². The van der Waals surface area contributed by atoms with Crippen LogP contribution in [0, 0.1) is 0 Å². The molecule has 0 aliphatic carbocycles. The Hall–Kier alpha value is -0.910. The fourth-order valence-electron chi connectivity index (χ4n) is 1.18. The molecule has 0 fully saturated rings. The standard InChI is InChI=1S/C9H17N3O2/c1-8(11-14-7-6-13-3)9-4-5-10-12(9)2/h4-5,8,11H,6-7H2,1-3H3. The van der Waals surface area contributed by atoms with E-state index < -0.39 is 0 Å². The summed E-state index contributed by atoms with van der Waals surface area (Å²) in [5.74, 6) is 0. The van der Waals surface area contributed by atoms with Crippen molar-refractivity contribution in [1.29, 1.82) is 0 Å². The normalized spacial score (nSPS) is 13.1. The lowest BCUT2D eigenvalue weighted by molar-refractivity contribution is -0.0105. The van der Waals surface area contributed by atoms with Gasteiger partial charge in [-0.3, -0.25) is 9.52 Å². The molecule has 1 aromatic heterocycles. The number of aryl methyl sites for hydroxylation is 1. The summed E-state index contributed by atoms with van der Waals surface area (Å²) in [6.45, 7) is 3.15. The molecular formula is C9H17N3O2. The van der Waals surface area contributed by atoms with E-state index in [1.807, 2.05) is 24.7 Å². The molecule has 80 valence electrons. The molecule has 0 amide bonds. The Labute approximate surface area is 84.0 Å². The fourth-order valence-corrected chi connectivity index (χ4v) is 1.18. The van der Waals surface area contributed by atoms with Crippen molar-refractivity contribution in [2.45, 2.75) is 13.0 Å². The van der Waals surface area contributed by atoms with Gasteiger partial charge in [0, 0.05) is 20.4 Å². The summed E-state index contributed by atoms with van der Waals surface area (Å²) in [4.78, 5) is 5.20. The van der Waals surface area contributed by atoms with Gasteiger partial charge in [0.1, 0.15) is 0 Å². The topological polar surface area (TPSA) is 48.3 Å². The first-order valence-corrected chi connectivity index (χ1v) is 4.60. The minimum absolute atomic E-state index is 0.124. The van der Waals surface area contributed by atoms with Crippen molar-refractivity contribution in [2.24, 2.45) is 7.05 Å². The predicted octanol–water partition coefficient (Wildman–Crippen LogP) is 0.649. The van der Waals surface area contributed by atoms with Gasteiger partial charge >= 0.3 is 0 Å². The lowest BCUT2D eigenvalue weighted by Crippen LogP contribution is -2.23. The van der Waals surface area contributed by atoms with Crippen LogP contribution in [0.3, 0.4) is 0 Å². The zero-order valence-corrected chi connectivity index (χ0v) is 8.86. The SMILES string of the molecule is COCCONC(C)c1ccnn1C. The summed E-state index contributed by atoms with van der Waals surface area (Å²) in [6, 6.07) is 2.08. The van der Waals surface area contributed by atoms with E-state index in [4.69, 9.17) is 9.57 Å². The average Bonchev–Trinajstić information content (AvgIpc) is 2.59. The molecule has 5 nitrogen and oxygen atoms in total. The molecule has 0 radical (unpaired) electrons. The predicted molar refractivity (Wildman–Crippen MR) is 52.6 cm³/mol. The van der Waals surface area contributed by atoms with Crippen LogP contribution in [0.2, 0.25) is 0 Å². The Morgan fingerprint density at radius 2 is 2.36 bits per heavy atom. The van der Waals surface area contributed by atoms with Crippen molar-refractivity contribution < 1.29 is 9.57 Å². The van der Waals surface area contributed by atoms with Crippen molar-refractivity contribution in [3.05, 3.63) is 18.0 Å². The van der Waals surface area contributed by atoms with Crippen LogP contribution in [-0.2, 0) is 16.6 Å². The van der Waals surface area contributed by atoms with E-state index >= 15 is 0 Å². The number of nitrogens with zero attached hydrogens (tertiary/aromatic N) is 2. The molecule has 0 bridgehead atoms. The number of rotatable bonds is 6. The molecule has 1 heterocycles. The molecule has 0 spiro atoms. The first-order chi connectivity index (χ1) is 6.75. The summed E-state index contributed by atoms with van der Waals surface area (Å²) >= 11 is 0. The van der Waals surface area contributed by atoms with Crippen molar-refractivity contribution in [3.63, 3.8) is 0 Å². The Kier molecular flexibility index (Phi) is 4.58. The highest BCUT2D eigenvalue weighted by atomic mass is 16.7. The number of hydrogen-bond donors (Lipinski definition) is 1. The zero-order chi connectivity index (χ0) is 10.4. The highest BCUT2D eigenvalue weighted by Gasteiger charge is 2.08. The first kappa shape index (κ1) is 11.2. The van der Waals surface area contributed by atoms with E-state index in [1.165, 1.54) is 0 Å². The van der Waals surface area contributed by atoms with E-state index in [-0.39, 0.29) is 6.04 Å². The second-order valence-electron chi connectivity index (χ2n) is 3.06. The number of nitrogens with one attached hydrogen (secondary N) is 1. The van der Waals surface area contributed by atoms with Crippen LogP contribution in [0.15, 0.2) is 12.3 Å². The Balaban J connectivity index is 2.28. The van der Waals surface area contributed by atoms with Gasteiger partial charge in [0.05, 0.1) is 24.9 Å². The molecule has 14 heavy (non-hydrogen) atoms. The van der Waals surface area contributed by atoms with Gasteiger partial charge in [0.15, 0.2) is 0 Å². The number of hydrogen-bond acceptors (Lipinski definition) is 4. The number of methoxy groups -OCH3 is 1. The van der Waals surface area contributed by atoms with Gasteiger partial charge in [-0.15, -0.1) is 0 Å². The third-order valence-electron chi connectivity index (χ3n) is 1.95. The van der Waals surface area contributed by atoms with Crippen LogP contribution in [-0.4, -0.2) is 30.1 Å². The Morgan fingerprint density at radius 1 is 1.57 bits per heavy atom. The minimum Gasteiger partial charge on any atom is -0.382 e. The monoisotopic (exact) mass is 199 g/mol. The summed E-state index contributed by atoms with van der Waals surface area (Å²) in [5.41, 5.74) is 4.01. The zero-order valence-electron chi connectivity index (χ0n) is 8.86. The molecule has 0 aromatic carbocycles. The molecule has 1 aromatic rings. The summed E-state index contributed by atoms with van der Waals surface area (Å²) < 4.78 is 6.67. The first-order valence-electron chi connectivity index (χ1n) is 4.60. The highest BCUT2D eigenvalue weighted by Crippen LogP contribution is 2.09. The summed E-state index contributed by atoms with van der Waals surface area (Å²) in [5, 5.41) is 4.08. The average molecular weight is 199 g/mol. The highest BCUT2D eigenvalue weighted by molar-refractivity contribution is 5.04. The molecule has 1 atom stereocenters. The van der Waals surface area contributed by atoms with Crippen LogP contribution in [0.1, 0.15) is 18.7 Å². The Bertz CT molecular complexity index is 262. The molecular weight excluding hydrogens is 182 g/mol. The third kappa shape index (κ3) is 3.10. The van der Waals surface area contributed by atoms with Crippen molar-refractivity contribution in [1.82, 2.24) is 15.3 Å². The second kappa shape index (κ2) is 5.74. The van der Waals surface area contributed by atoms with Crippen molar-refractivity contribution >= 4 is 0 Å². The molecule has 1 N–H and O–H groups in total. The summed E-state index contributed by atoms with van der Waals surface area (Å²) in [7, 11) is 3.55. The van der Waals surface area contributed by atoms with Gasteiger partial charge in [-0.05, 0) is 13.0 Å². The number of hydroxylamine groups is 1. The molecule has 0 aliphatic rings. The summed E-state index contributed by atoms with van der Waals surface area (Å²) in [6.07, 6.45) is 1.77. The minimum atomic E-state index is 0.124. The van der Waals surface area contributed by atoms with Crippen molar-refractivity contribution in [3.8, 4) is 0 Å². The lowest BCUT2D eigenvalue weighted by Gasteiger charge is -2.13. The van der Waals surface area contributed by atoms with Gasteiger partial charge in [-0.2, -0.15) is 10.6 Å². The maximum Gasteiger partial charge on any atom is 0.0916 e. The van der Waals surface area contributed by atoms with Gasteiger partial charge in [-0.1, -0.05) is 0 Å². The molecule has 1 unspecified atom stereocenters. The smallest absolute Gasteiger partial charge is 0.0916 e. The molecule has 0 saturated heterocycles. The third-order valence-corrected chi connectivity index (χ3v) is 1.95. The van der Waals surface area contributed by atoms with E-state index in [0.29, 0.717) is 13.2 Å². The van der Waals surface area contributed by atoms with Crippen LogP contribution in [0.25, 0.3) is 0 Å². The maximum atomic E-state index is 5.20.